The van der Waals surface area contributed by atoms with Gasteiger partial charge in [0.15, 0.2) is 6.79 Å². The van der Waals surface area contributed by atoms with Crippen LogP contribution >= 0.6 is 0 Å². The summed E-state index contributed by atoms with van der Waals surface area (Å²) in [7, 11) is 1.64. The average molecular weight is 250 g/mol. The Hall–Kier alpha value is -1.06. The van der Waals surface area contributed by atoms with Gasteiger partial charge in [0, 0.05) is 19.1 Å². The van der Waals surface area contributed by atoms with E-state index in [2.05, 4.69) is 33.8 Å². The van der Waals surface area contributed by atoms with Crippen LogP contribution in [0.2, 0.25) is 0 Å². The predicted octanol–water partition coefficient (Wildman–Crippen LogP) is 2.93. The number of methoxy groups -OCH3 is 1. The van der Waals surface area contributed by atoms with Crippen molar-refractivity contribution < 1.29 is 14.2 Å². The van der Waals surface area contributed by atoms with Gasteiger partial charge in [0.1, 0.15) is 5.75 Å². The van der Waals surface area contributed by atoms with Crippen LogP contribution in [0.15, 0.2) is 6.07 Å². The third-order valence-corrected chi connectivity index (χ3v) is 3.62. The van der Waals surface area contributed by atoms with Crippen LogP contribution in [0.3, 0.4) is 0 Å². The highest BCUT2D eigenvalue weighted by atomic mass is 16.7. The molecule has 100 valence electrons. The minimum atomic E-state index is -0.00234. The zero-order chi connectivity index (χ0) is 13.3. The van der Waals surface area contributed by atoms with Crippen molar-refractivity contribution in [2.24, 2.45) is 0 Å². The molecule has 1 aliphatic heterocycles. The summed E-state index contributed by atoms with van der Waals surface area (Å²) in [6.07, 6.45) is 0.902. The summed E-state index contributed by atoms with van der Waals surface area (Å²) in [5.41, 5.74) is 4.95. The summed E-state index contributed by atoms with van der Waals surface area (Å²) in [5, 5.41) is 0. The Balaban J connectivity index is 2.37. The molecule has 0 unspecified atom stereocenters. The summed E-state index contributed by atoms with van der Waals surface area (Å²) in [5.74, 6) is 0.964. The molecule has 1 saturated heterocycles. The third kappa shape index (κ3) is 2.68. The van der Waals surface area contributed by atoms with Gasteiger partial charge in [0.25, 0.3) is 0 Å². The van der Waals surface area contributed by atoms with Gasteiger partial charge in [-0.05, 0) is 44.4 Å². The first kappa shape index (κ1) is 13.4. The highest BCUT2D eigenvalue weighted by Crippen LogP contribution is 2.37. The van der Waals surface area contributed by atoms with Crippen LogP contribution in [0.4, 0.5) is 0 Å². The first-order chi connectivity index (χ1) is 8.47. The maximum atomic E-state index is 5.77. The molecular formula is C15H22O3. The molecular weight excluding hydrogens is 228 g/mol. The molecule has 1 aromatic rings. The molecule has 1 atom stereocenters. The quantitative estimate of drug-likeness (QED) is 0.594. The molecule has 0 amide bonds. The van der Waals surface area contributed by atoms with Gasteiger partial charge in [-0.1, -0.05) is 6.07 Å². The van der Waals surface area contributed by atoms with Crippen molar-refractivity contribution in [3.63, 3.8) is 0 Å². The molecule has 0 radical (unpaired) electrons. The van der Waals surface area contributed by atoms with E-state index in [1.54, 1.807) is 7.11 Å². The van der Waals surface area contributed by atoms with Crippen LogP contribution in [-0.2, 0) is 15.9 Å². The Morgan fingerprint density at radius 1 is 1.28 bits per heavy atom. The molecule has 3 heteroatoms. The lowest BCUT2D eigenvalue weighted by molar-refractivity contribution is 0.0496. The van der Waals surface area contributed by atoms with Crippen molar-refractivity contribution >= 4 is 0 Å². The summed E-state index contributed by atoms with van der Waals surface area (Å²) < 4.78 is 16.3. The van der Waals surface area contributed by atoms with E-state index in [9.17, 15) is 0 Å². The number of rotatable bonds is 5. The maximum Gasteiger partial charge on any atom is 0.188 e. The standard InChI is InChI=1S/C15H22O3/c1-10-6-11(2)13(7-15(4)8-18-15)14(12(10)3)17-9-16-5/h6H,7-9H2,1-5H3/t15-/m1/s1. The molecule has 1 fully saturated rings. The summed E-state index contributed by atoms with van der Waals surface area (Å²) in [4.78, 5) is 0. The molecule has 0 aliphatic carbocycles. The van der Waals surface area contributed by atoms with Crippen molar-refractivity contribution in [2.75, 3.05) is 20.5 Å². The van der Waals surface area contributed by atoms with Crippen molar-refractivity contribution in [2.45, 2.75) is 39.7 Å². The monoisotopic (exact) mass is 250 g/mol. The maximum absolute atomic E-state index is 5.77. The fraction of sp³-hybridized carbons (Fsp3) is 0.600. The molecule has 1 aliphatic rings. The van der Waals surface area contributed by atoms with E-state index < -0.39 is 0 Å². The molecule has 18 heavy (non-hydrogen) atoms. The highest BCUT2D eigenvalue weighted by molar-refractivity contribution is 5.50. The lowest BCUT2D eigenvalue weighted by Crippen LogP contribution is -2.13. The minimum absolute atomic E-state index is 0.00234. The first-order valence-electron chi connectivity index (χ1n) is 6.32. The van der Waals surface area contributed by atoms with E-state index >= 15 is 0 Å². The van der Waals surface area contributed by atoms with Crippen LogP contribution in [-0.4, -0.2) is 26.1 Å². The Morgan fingerprint density at radius 2 is 1.94 bits per heavy atom. The second kappa shape index (κ2) is 4.90. The average Bonchev–Trinajstić information content (AvgIpc) is 3.04. The minimum Gasteiger partial charge on any atom is -0.467 e. The van der Waals surface area contributed by atoms with Crippen LogP contribution < -0.4 is 4.74 Å². The molecule has 0 saturated carbocycles. The summed E-state index contributed by atoms with van der Waals surface area (Å²) in [6.45, 7) is 9.60. The summed E-state index contributed by atoms with van der Waals surface area (Å²) >= 11 is 0. The molecule has 2 rings (SSSR count). The number of aryl methyl sites for hydroxylation is 2. The Kier molecular flexibility index (Phi) is 3.64. The van der Waals surface area contributed by atoms with Crippen LogP contribution in [0.25, 0.3) is 0 Å². The fourth-order valence-corrected chi connectivity index (χ4v) is 2.24. The number of epoxide rings is 1. The molecule has 3 nitrogen and oxygen atoms in total. The normalized spacial score (nSPS) is 22.1. The van der Waals surface area contributed by atoms with E-state index in [4.69, 9.17) is 14.2 Å². The Morgan fingerprint density at radius 3 is 2.50 bits per heavy atom. The number of hydrogen-bond donors (Lipinski definition) is 0. The SMILES string of the molecule is COCOc1c(C)c(C)cc(C)c1C[C@]1(C)CO1. The van der Waals surface area contributed by atoms with Crippen LogP contribution in [0, 0.1) is 20.8 Å². The first-order valence-corrected chi connectivity index (χ1v) is 6.32. The lowest BCUT2D eigenvalue weighted by Gasteiger charge is -2.19. The van der Waals surface area contributed by atoms with E-state index in [1.807, 2.05) is 0 Å². The summed E-state index contributed by atoms with van der Waals surface area (Å²) in [6, 6.07) is 2.22. The molecule has 0 N–H and O–H groups in total. The van der Waals surface area contributed by atoms with E-state index in [-0.39, 0.29) is 12.4 Å². The zero-order valence-corrected chi connectivity index (χ0v) is 11.9. The third-order valence-electron chi connectivity index (χ3n) is 3.62. The topological polar surface area (TPSA) is 31.0 Å². The Bertz CT molecular complexity index is 448. The lowest BCUT2D eigenvalue weighted by atomic mass is 9.92. The van der Waals surface area contributed by atoms with E-state index in [0.717, 1.165) is 18.8 Å². The number of benzene rings is 1. The van der Waals surface area contributed by atoms with E-state index in [1.165, 1.54) is 22.3 Å². The smallest absolute Gasteiger partial charge is 0.188 e. The zero-order valence-electron chi connectivity index (χ0n) is 11.9. The van der Waals surface area contributed by atoms with E-state index in [0.29, 0.717) is 0 Å². The fourth-order valence-electron chi connectivity index (χ4n) is 2.24. The van der Waals surface area contributed by atoms with Gasteiger partial charge < -0.3 is 14.2 Å². The van der Waals surface area contributed by atoms with Crippen molar-refractivity contribution in [3.8, 4) is 5.75 Å². The molecule has 0 aromatic heterocycles. The van der Waals surface area contributed by atoms with Gasteiger partial charge in [0.2, 0.25) is 0 Å². The van der Waals surface area contributed by atoms with Crippen molar-refractivity contribution in [1.29, 1.82) is 0 Å². The van der Waals surface area contributed by atoms with Crippen molar-refractivity contribution in [3.05, 3.63) is 28.3 Å². The van der Waals surface area contributed by atoms with Crippen molar-refractivity contribution in [1.82, 2.24) is 0 Å². The van der Waals surface area contributed by atoms with Crippen LogP contribution in [0.1, 0.15) is 29.2 Å². The molecule has 0 bridgehead atoms. The van der Waals surface area contributed by atoms with Crippen LogP contribution in [0.5, 0.6) is 5.75 Å². The molecule has 1 heterocycles. The number of hydrogen-bond acceptors (Lipinski definition) is 3. The van der Waals surface area contributed by atoms with Gasteiger partial charge >= 0.3 is 0 Å². The second-order valence-corrected chi connectivity index (χ2v) is 5.41. The molecule has 1 aromatic carbocycles. The van der Waals surface area contributed by atoms with Gasteiger partial charge in [-0.2, -0.15) is 0 Å². The van der Waals surface area contributed by atoms with Gasteiger partial charge in [0.05, 0.1) is 12.2 Å². The molecule has 0 spiro atoms. The predicted molar refractivity (Wildman–Crippen MR) is 71.2 cm³/mol. The highest BCUT2D eigenvalue weighted by Gasteiger charge is 2.40. The largest absolute Gasteiger partial charge is 0.467 e. The van der Waals surface area contributed by atoms with Gasteiger partial charge in [-0.15, -0.1) is 0 Å². The number of ether oxygens (including phenoxy) is 3. The van der Waals surface area contributed by atoms with Gasteiger partial charge in [-0.3, -0.25) is 0 Å². The second-order valence-electron chi connectivity index (χ2n) is 5.41. The Labute approximate surface area is 109 Å². The van der Waals surface area contributed by atoms with Gasteiger partial charge in [-0.25, -0.2) is 0 Å².